The SMILES string of the molecule is COCCNC(=O)CN(C)C(=O)[C@@H]1CCCC[C@@H]1C(=O)O. The molecule has 0 bridgehead atoms. The fraction of sp³-hybridized carbons (Fsp3) is 0.786. The van der Waals surface area contributed by atoms with Crippen LogP contribution in [0.4, 0.5) is 0 Å². The molecule has 1 saturated carbocycles. The third kappa shape index (κ3) is 5.34. The van der Waals surface area contributed by atoms with Crippen LogP contribution in [0.25, 0.3) is 0 Å². The zero-order valence-corrected chi connectivity index (χ0v) is 12.6. The van der Waals surface area contributed by atoms with Crippen LogP contribution in [-0.2, 0) is 19.1 Å². The molecule has 2 amide bonds. The number of hydrogen-bond donors (Lipinski definition) is 2. The number of ether oxygens (including phenoxy) is 1. The molecular formula is C14H24N2O5. The molecule has 0 aromatic carbocycles. The maximum absolute atomic E-state index is 12.3. The molecule has 0 saturated heterocycles. The predicted octanol–water partition coefficient (Wildman–Crippen LogP) is 0.0984. The number of rotatable bonds is 7. The van der Waals surface area contributed by atoms with Crippen molar-refractivity contribution in [1.82, 2.24) is 10.2 Å². The Labute approximate surface area is 124 Å². The lowest BCUT2D eigenvalue weighted by molar-refractivity contribution is -0.152. The minimum Gasteiger partial charge on any atom is -0.481 e. The summed E-state index contributed by atoms with van der Waals surface area (Å²) in [7, 11) is 3.07. The number of methoxy groups -OCH3 is 1. The van der Waals surface area contributed by atoms with Gasteiger partial charge in [0.2, 0.25) is 11.8 Å². The van der Waals surface area contributed by atoms with Gasteiger partial charge in [-0.1, -0.05) is 12.8 Å². The molecule has 7 nitrogen and oxygen atoms in total. The van der Waals surface area contributed by atoms with Crippen molar-refractivity contribution < 1.29 is 24.2 Å². The van der Waals surface area contributed by atoms with E-state index in [0.717, 1.165) is 12.8 Å². The molecule has 0 aliphatic heterocycles. The number of nitrogens with one attached hydrogen (secondary N) is 1. The average molecular weight is 300 g/mol. The molecule has 0 heterocycles. The Kier molecular flexibility index (Phi) is 7.14. The van der Waals surface area contributed by atoms with Crippen LogP contribution in [0.1, 0.15) is 25.7 Å². The van der Waals surface area contributed by atoms with Crippen LogP contribution in [-0.4, -0.2) is 61.6 Å². The first-order chi connectivity index (χ1) is 9.97. The first kappa shape index (κ1) is 17.4. The van der Waals surface area contributed by atoms with Crippen molar-refractivity contribution in [2.45, 2.75) is 25.7 Å². The van der Waals surface area contributed by atoms with E-state index in [-0.39, 0.29) is 18.4 Å². The van der Waals surface area contributed by atoms with Gasteiger partial charge in [-0.25, -0.2) is 0 Å². The molecule has 2 atom stereocenters. The predicted molar refractivity (Wildman–Crippen MR) is 75.6 cm³/mol. The van der Waals surface area contributed by atoms with Crippen LogP contribution in [0, 0.1) is 11.8 Å². The van der Waals surface area contributed by atoms with Crippen molar-refractivity contribution in [3.63, 3.8) is 0 Å². The van der Waals surface area contributed by atoms with Crippen molar-refractivity contribution in [1.29, 1.82) is 0 Å². The average Bonchev–Trinajstić information content (AvgIpc) is 2.46. The topological polar surface area (TPSA) is 95.9 Å². The summed E-state index contributed by atoms with van der Waals surface area (Å²) in [5.41, 5.74) is 0. The highest BCUT2D eigenvalue weighted by atomic mass is 16.5. The van der Waals surface area contributed by atoms with E-state index in [1.807, 2.05) is 0 Å². The number of carboxylic acid groups (broad SMARTS) is 1. The van der Waals surface area contributed by atoms with Crippen LogP contribution < -0.4 is 5.32 Å². The normalized spacial score (nSPS) is 21.6. The van der Waals surface area contributed by atoms with E-state index in [0.29, 0.717) is 26.0 Å². The molecule has 21 heavy (non-hydrogen) atoms. The lowest BCUT2D eigenvalue weighted by atomic mass is 9.78. The highest BCUT2D eigenvalue weighted by molar-refractivity contribution is 5.88. The molecule has 1 rings (SSSR count). The first-order valence-corrected chi connectivity index (χ1v) is 7.20. The highest BCUT2D eigenvalue weighted by Gasteiger charge is 2.37. The Morgan fingerprint density at radius 3 is 2.43 bits per heavy atom. The van der Waals surface area contributed by atoms with Gasteiger partial charge in [0.15, 0.2) is 0 Å². The molecular weight excluding hydrogens is 276 g/mol. The van der Waals surface area contributed by atoms with Gasteiger partial charge in [0, 0.05) is 20.7 Å². The molecule has 2 N–H and O–H groups in total. The Morgan fingerprint density at radius 1 is 1.24 bits per heavy atom. The van der Waals surface area contributed by atoms with Gasteiger partial charge >= 0.3 is 5.97 Å². The van der Waals surface area contributed by atoms with E-state index < -0.39 is 17.8 Å². The molecule has 0 unspecified atom stereocenters. The molecule has 0 aromatic heterocycles. The Hall–Kier alpha value is -1.63. The van der Waals surface area contributed by atoms with Crippen molar-refractivity contribution in [2.75, 3.05) is 33.9 Å². The quantitative estimate of drug-likeness (QED) is 0.650. The van der Waals surface area contributed by atoms with Gasteiger partial charge in [0.05, 0.1) is 25.0 Å². The number of nitrogens with zero attached hydrogens (tertiary/aromatic N) is 1. The molecule has 1 fully saturated rings. The minimum absolute atomic E-state index is 0.0641. The van der Waals surface area contributed by atoms with Gasteiger partial charge in [-0.05, 0) is 12.8 Å². The summed E-state index contributed by atoms with van der Waals surface area (Å²) in [5.74, 6) is -2.61. The van der Waals surface area contributed by atoms with Crippen LogP contribution in [0.5, 0.6) is 0 Å². The summed E-state index contributed by atoms with van der Waals surface area (Å²) in [5, 5.41) is 11.8. The fourth-order valence-corrected chi connectivity index (χ4v) is 2.65. The van der Waals surface area contributed by atoms with Gasteiger partial charge in [0.25, 0.3) is 0 Å². The first-order valence-electron chi connectivity index (χ1n) is 7.20. The van der Waals surface area contributed by atoms with E-state index in [9.17, 15) is 19.5 Å². The van der Waals surface area contributed by atoms with E-state index in [4.69, 9.17) is 4.74 Å². The fourth-order valence-electron chi connectivity index (χ4n) is 2.65. The number of carboxylic acids is 1. The smallest absolute Gasteiger partial charge is 0.307 e. The lowest BCUT2D eigenvalue weighted by Crippen LogP contribution is -2.45. The van der Waals surface area contributed by atoms with Crippen molar-refractivity contribution in [3.8, 4) is 0 Å². The number of aliphatic carboxylic acids is 1. The number of amides is 2. The molecule has 120 valence electrons. The minimum atomic E-state index is -0.925. The standard InChI is InChI=1S/C14H24N2O5/c1-16(9-12(17)15-7-8-21-2)13(18)10-5-3-4-6-11(10)14(19)20/h10-11H,3-9H2,1-2H3,(H,15,17)(H,19,20)/t10-,11+/m1/s1. The molecule has 0 radical (unpaired) electrons. The van der Waals surface area contributed by atoms with E-state index >= 15 is 0 Å². The summed E-state index contributed by atoms with van der Waals surface area (Å²) in [4.78, 5) is 36.5. The summed E-state index contributed by atoms with van der Waals surface area (Å²) < 4.78 is 4.82. The van der Waals surface area contributed by atoms with Crippen LogP contribution in [0.3, 0.4) is 0 Å². The van der Waals surface area contributed by atoms with Crippen LogP contribution >= 0.6 is 0 Å². The van der Waals surface area contributed by atoms with Crippen molar-refractivity contribution in [2.24, 2.45) is 11.8 Å². The van der Waals surface area contributed by atoms with Crippen molar-refractivity contribution >= 4 is 17.8 Å². The number of likely N-dealkylation sites (N-methyl/N-ethyl adjacent to an activating group) is 1. The van der Waals surface area contributed by atoms with Gasteiger partial charge < -0.3 is 20.1 Å². The van der Waals surface area contributed by atoms with Gasteiger partial charge in [-0.2, -0.15) is 0 Å². The number of hydrogen-bond acceptors (Lipinski definition) is 4. The summed E-state index contributed by atoms with van der Waals surface area (Å²) in [6.45, 7) is 0.733. The zero-order chi connectivity index (χ0) is 15.8. The van der Waals surface area contributed by atoms with E-state index in [2.05, 4.69) is 5.32 Å². The molecule has 1 aliphatic rings. The second kappa shape index (κ2) is 8.61. The second-order valence-corrected chi connectivity index (χ2v) is 5.37. The summed E-state index contributed by atoms with van der Waals surface area (Å²) in [6.07, 6.45) is 2.79. The maximum atomic E-state index is 12.3. The summed E-state index contributed by atoms with van der Waals surface area (Å²) in [6, 6.07) is 0. The Bertz CT molecular complexity index is 386. The highest BCUT2D eigenvalue weighted by Crippen LogP contribution is 2.31. The third-order valence-electron chi connectivity index (χ3n) is 3.79. The van der Waals surface area contributed by atoms with Crippen LogP contribution in [0.2, 0.25) is 0 Å². The van der Waals surface area contributed by atoms with Gasteiger partial charge in [0.1, 0.15) is 0 Å². The molecule has 0 aromatic rings. The number of carbonyl (C=O) groups excluding carboxylic acids is 2. The lowest BCUT2D eigenvalue weighted by Gasteiger charge is -2.30. The van der Waals surface area contributed by atoms with Gasteiger partial charge in [-0.15, -0.1) is 0 Å². The van der Waals surface area contributed by atoms with Crippen molar-refractivity contribution in [3.05, 3.63) is 0 Å². The second-order valence-electron chi connectivity index (χ2n) is 5.37. The molecule has 0 spiro atoms. The van der Waals surface area contributed by atoms with Gasteiger partial charge in [-0.3, -0.25) is 14.4 Å². The van der Waals surface area contributed by atoms with E-state index in [1.54, 1.807) is 0 Å². The maximum Gasteiger partial charge on any atom is 0.307 e. The van der Waals surface area contributed by atoms with Crippen LogP contribution in [0.15, 0.2) is 0 Å². The molecule has 1 aliphatic carbocycles. The Morgan fingerprint density at radius 2 is 1.86 bits per heavy atom. The number of carbonyl (C=O) groups is 3. The summed E-state index contributed by atoms with van der Waals surface area (Å²) >= 11 is 0. The Balaban J connectivity index is 2.52. The zero-order valence-electron chi connectivity index (χ0n) is 12.6. The monoisotopic (exact) mass is 300 g/mol. The third-order valence-corrected chi connectivity index (χ3v) is 3.79. The largest absolute Gasteiger partial charge is 0.481 e. The van der Waals surface area contributed by atoms with E-state index in [1.165, 1.54) is 19.1 Å². The molecule has 7 heteroatoms.